The Labute approximate surface area is 568 Å². The zero-order valence-electron chi connectivity index (χ0n) is 54.5. The summed E-state index contributed by atoms with van der Waals surface area (Å²) in [6, 6.07) is 44.7. The van der Waals surface area contributed by atoms with E-state index in [4.69, 9.17) is 60.2 Å². The molecule has 0 saturated carbocycles. The van der Waals surface area contributed by atoms with Crippen LogP contribution in [0.4, 0.5) is 0 Å². The van der Waals surface area contributed by atoms with Crippen molar-refractivity contribution in [3.63, 3.8) is 0 Å². The largest absolute Gasteiger partial charge is 0.481 e. The fourth-order valence-corrected chi connectivity index (χ4v) is 13.3. The van der Waals surface area contributed by atoms with E-state index < -0.39 is 5.97 Å². The van der Waals surface area contributed by atoms with Crippen LogP contribution in [0.2, 0.25) is 0 Å². The molecule has 16 heteroatoms. The van der Waals surface area contributed by atoms with Gasteiger partial charge in [0.25, 0.3) is 0 Å². The highest BCUT2D eigenvalue weighted by atomic mass is 79.9. The monoisotopic (exact) mass is 1400 g/mol. The third kappa shape index (κ3) is 23.4. The van der Waals surface area contributed by atoms with Crippen molar-refractivity contribution in [2.45, 2.75) is 121 Å². The normalized spacial score (nSPS) is 12.8. The minimum atomic E-state index is -0.746. The van der Waals surface area contributed by atoms with Crippen molar-refractivity contribution in [2.24, 2.45) is 17.2 Å². The Balaban J connectivity index is 0.000000368. The molecule has 92 heavy (non-hydrogen) atoms. The van der Waals surface area contributed by atoms with Crippen molar-refractivity contribution >= 4 is 43.6 Å². The number of Topliss-reactive ketones (excluding diaryl/α,β-unsaturated/α-hetero) is 1. The van der Waals surface area contributed by atoms with E-state index in [-0.39, 0.29) is 26.1 Å². The first-order chi connectivity index (χ1) is 44.4. The maximum Gasteiger partial charge on any atom is 0.303 e. The Morgan fingerprint density at radius 3 is 1.03 bits per heavy atom. The van der Waals surface area contributed by atoms with Gasteiger partial charge in [-0.3, -0.25) is 9.59 Å². The SMILES string of the molecule is C.COCCOCCCC1(CCCOCCOC)c2cc(Br)ccc2-c2ccc(-c3ccc(CCCC(=O)CCCN)cc3)cc21.COCCOCCCC1(CCCOCCOC)c2cc(Br)ccc2-c2ccc(-c3ccc(CCCC(=O)O)cc3)cc21.NCCN.[2HH]. The number of rotatable bonds is 42. The fraction of sp³-hybridized carbons (Fsp3) is 0.500. The molecule has 0 saturated heterocycles. The van der Waals surface area contributed by atoms with Gasteiger partial charge >= 0.3 is 5.97 Å². The zero-order chi connectivity index (χ0) is 65.1. The van der Waals surface area contributed by atoms with Crippen LogP contribution in [0.1, 0.15) is 132 Å². The van der Waals surface area contributed by atoms with E-state index >= 15 is 0 Å². The lowest BCUT2D eigenvalue weighted by Crippen LogP contribution is -2.27. The fourth-order valence-electron chi connectivity index (χ4n) is 12.6. The first-order valence-corrected chi connectivity index (χ1v) is 34.2. The molecule has 6 aromatic carbocycles. The van der Waals surface area contributed by atoms with E-state index in [2.05, 4.69) is 153 Å². The van der Waals surface area contributed by atoms with Crippen LogP contribution < -0.4 is 17.2 Å². The van der Waals surface area contributed by atoms with E-state index in [1.807, 2.05) is 0 Å². The smallest absolute Gasteiger partial charge is 0.303 e. The molecule has 0 amide bonds. The average Bonchev–Trinajstić information content (AvgIpc) is 1.58. The lowest BCUT2D eigenvalue weighted by Gasteiger charge is -2.33. The van der Waals surface area contributed by atoms with Gasteiger partial charge in [-0.2, -0.15) is 0 Å². The maximum absolute atomic E-state index is 12.0. The second kappa shape index (κ2) is 43.1. The molecule has 0 atom stereocenters. The Hall–Kier alpha value is -5.02. The van der Waals surface area contributed by atoms with Crippen LogP contribution in [0.25, 0.3) is 44.5 Å². The van der Waals surface area contributed by atoms with E-state index in [1.54, 1.807) is 28.4 Å². The highest BCUT2D eigenvalue weighted by Gasteiger charge is 2.44. The van der Waals surface area contributed by atoms with E-state index in [1.165, 1.54) is 66.8 Å². The predicted octanol–water partition coefficient (Wildman–Crippen LogP) is 15.4. The molecule has 0 aromatic heterocycles. The number of carbonyl (C=O) groups excluding carboxylic acids is 1. The number of methoxy groups -OCH3 is 4. The van der Waals surface area contributed by atoms with Gasteiger partial charge in [-0.15, -0.1) is 0 Å². The summed E-state index contributed by atoms with van der Waals surface area (Å²) >= 11 is 7.53. The van der Waals surface area contributed by atoms with Crippen molar-refractivity contribution in [3.8, 4) is 44.5 Å². The van der Waals surface area contributed by atoms with Crippen LogP contribution >= 0.6 is 31.9 Å². The van der Waals surface area contributed by atoms with Crippen LogP contribution in [-0.2, 0) is 71.2 Å². The van der Waals surface area contributed by atoms with Crippen LogP contribution in [0.5, 0.6) is 0 Å². The summed E-state index contributed by atoms with van der Waals surface area (Å²) in [5.41, 5.74) is 33.0. The summed E-state index contributed by atoms with van der Waals surface area (Å²) in [4.78, 5) is 22.9. The number of carboxylic acids is 1. The molecule has 0 heterocycles. The topological polar surface area (TPSA) is 206 Å². The molecular weight excluding hydrogens is 1290 g/mol. The number of carboxylic acid groups (broad SMARTS) is 1. The van der Waals surface area contributed by atoms with E-state index in [9.17, 15) is 9.59 Å². The summed E-state index contributed by atoms with van der Waals surface area (Å²) in [6.45, 7) is 9.41. The van der Waals surface area contributed by atoms with Gasteiger partial charge < -0.3 is 60.2 Å². The quantitative estimate of drug-likeness (QED) is 0.0263. The molecule has 0 spiro atoms. The lowest BCUT2D eigenvalue weighted by atomic mass is 9.71. The number of fused-ring (bicyclic) bond motifs is 6. The molecule has 7 N–H and O–H groups in total. The van der Waals surface area contributed by atoms with Gasteiger partial charge in [0, 0.05) is 108 Å². The lowest BCUT2D eigenvalue weighted by molar-refractivity contribution is -0.137. The molecule has 8 rings (SSSR count). The van der Waals surface area contributed by atoms with Gasteiger partial charge in [0.1, 0.15) is 5.78 Å². The first-order valence-electron chi connectivity index (χ1n) is 32.6. The minimum Gasteiger partial charge on any atom is -0.481 e. The number of nitrogens with two attached hydrogens (primary N) is 3. The molecule has 14 nitrogen and oxygen atoms in total. The van der Waals surface area contributed by atoms with Crippen LogP contribution in [-0.4, -0.2) is 144 Å². The average molecular weight is 1400 g/mol. The second-order valence-corrected chi connectivity index (χ2v) is 25.2. The van der Waals surface area contributed by atoms with Gasteiger partial charge in [0.05, 0.1) is 52.9 Å². The van der Waals surface area contributed by atoms with Crippen LogP contribution in [0, 0.1) is 0 Å². The molecule has 0 bridgehead atoms. The summed E-state index contributed by atoms with van der Waals surface area (Å²) in [5.74, 6) is -0.431. The number of hydrogen-bond acceptors (Lipinski definition) is 13. The Morgan fingerprint density at radius 1 is 0.391 bits per heavy atom. The second-order valence-electron chi connectivity index (χ2n) is 23.4. The summed E-state index contributed by atoms with van der Waals surface area (Å²) in [6.07, 6.45) is 13.1. The number of aryl methyl sites for hydroxylation is 2. The molecular formula is C76H107Br2N3O11. The summed E-state index contributed by atoms with van der Waals surface area (Å²) < 4.78 is 46.5. The molecule has 0 radical (unpaired) electrons. The summed E-state index contributed by atoms with van der Waals surface area (Å²) in [5, 5.41) is 8.96. The van der Waals surface area contributed by atoms with Crippen molar-refractivity contribution in [1.29, 1.82) is 0 Å². The molecule has 2 aliphatic rings. The Kier molecular flexibility index (Phi) is 36.4. The molecule has 2 aliphatic carbocycles. The van der Waals surface area contributed by atoms with Crippen LogP contribution in [0.3, 0.4) is 0 Å². The molecule has 0 fully saturated rings. The zero-order valence-corrected chi connectivity index (χ0v) is 57.7. The number of ether oxygens (including phenoxy) is 8. The van der Waals surface area contributed by atoms with E-state index in [0.29, 0.717) is 124 Å². The number of carbonyl (C=O) groups is 2. The number of hydrogen-bond donors (Lipinski definition) is 4. The Morgan fingerprint density at radius 2 is 0.707 bits per heavy atom. The molecule has 0 aliphatic heterocycles. The number of aliphatic carboxylic acids is 1. The highest BCUT2D eigenvalue weighted by molar-refractivity contribution is 9.10. The molecule has 506 valence electrons. The molecule has 6 aromatic rings. The van der Waals surface area contributed by atoms with Gasteiger partial charge in [-0.25, -0.2) is 0 Å². The highest BCUT2D eigenvalue weighted by Crippen LogP contribution is 2.57. The third-order valence-corrected chi connectivity index (χ3v) is 18.1. The Bertz CT molecular complexity index is 3060. The van der Waals surface area contributed by atoms with Gasteiger partial charge in [-0.05, 0) is 204 Å². The number of halogens is 2. The van der Waals surface area contributed by atoms with Crippen molar-refractivity contribution in [1.82, 2.24) is 0 Å². The number of ketones is 1. The van der Waals surface area contributed by atoms with Crippen molar-refractivity contribution in [3.05, 3.63) is 164 Å². The third-order valence-electron chi connectivity index (χ3n) is 17.1. The first kappa shape index (κ1) is 77.7. The van der Waals surface area contributed by atoms with E-state index in [0.717, 1.165) is 97.1 Å². The van der Waals surface area contributed by atoms with Gasteiger partial charge in [0.2, 0.25) is 0 Å². The van der Waals surface area contributed by atoms with Crippen LogP contribution in [0.15, 0.2) is 130 Å². The van der Waals surface area contributed by atoms with Crippen molar-refractivity contribution < 1.29 is 54.0 Å². The maximum atomic E-state index is 12.0. The predicted molar refractivity (Wildman–Crippen MR) is 383 cm³/mol. The number of benzene rings is 6. The molecule has 0 unspecified atom stereocenters. The standard InChI is InChI=1S/C38H50BrNO5.C35H43BrO6.C2H8N2.CH4.H2/c1-42-23-25-44-21-5-18-38(19-6-22-45-26-24-43-2)36-27-31(14-16-34(36)35-17-15-32(39)28-37(35)38)30-12-10-29(11-13-30)7-3-8-33(41)9-4-20-40;1-39-20-22-41-18-4-16-35(17-5-19-42-23-21-40-2)32-24-28(12-14-30(32)31-15-13-29(36)25-33(31)35)27-10-8-26(9-11-27)6-3-7-34(37)38;3-1-2-4;;/h10-17,27-28H,3-9,18-26,40H2,1-2H3;8-15,24-25H,3-7,16-23H2,1-2H3,(H,37,38);1-4H2;1H4;1H/i;;;;1+1. The van der Waals surface area contributed by atoms with Crippen molar-refractivity contribution in [2.75, 3.05) is 127 Å². The summed E-state index contributed by atoms with van der Waals surface area (Å²) in [7, 11) is 6.80. The van der Waals surface area contributed by atoms with Gasteiger partial charge in [-0.1, -0.05) is 124 Å². The minimum absolute atomic E-state index is 0. The van der Waals surface area contributed by atoms with Gasteiger partial charge in [0.15, 0.2) is 0 Å².